The minimum absolute atomic E-state index is 0.0406. The summed E-state index contributed by atoms with van der Waals surface area (Å²) in [5.74, 6) is -0.961. The molecule has 116 valence electrons. The topological polar surface area (TPSA) is 106 Å². The molecule has 0 radical (unpaired) electrons. The summed E-state index contributed by atoms with van der Waals surface area (Å²) in [6.07, 6.45) is 1.17. The Morgan fingerprint density at radius 2 is 2.05 bits per heavy atom. The maximum absolute atomic E-state index is 12.8. The van der Waals surface area contributed by atoms with E-state index in [0.29, 0.717) is 18.5 Å². The highest BCUT2D eigenvalue weighted by Gasteiger charge is 2.37. The van der Waals surface area contributed by atoms with Gasteiger partial charge in [-0.2, -0.15) is 4.31 Å². The van der Waals surface area contributed by atoms with Gasteiger partial charge in [-0.05, 0) is 38.0 Å². The van der Waals surface area contributed by atoms with Crippen molar-refractivity contribution in [1.82, 2.24) is 4.31 Å². The first-order valence-corrected chi connectivity index (χ1v) is 8.41. The number of carbonyl (C=O) groups excluding carboxylic acids is 1. The van der Waals surface area contributed by atoms with Crippen molar-refractivity contribution in [2.45, 2.75) is 30.7 Å². The van der Waals surface area contributed by atoms with Crippen LogP contribution in [0.25, 0.3) is 0 Å². The van der Waals surface area contributed by atoms with E-state index in [-0.39, 0.29) is 22.5 Å². The van der Waals surface area contributed by atoms with E-state index in [1.165, 1.54) is 22.5 Å². The zero-order chi connectivity index (χ0) is 15.8. The number of hydrogen-bond acceptors (Lipinski definition) is 4. The number of piperidine rings is 1. The monoisotopic (exact) mass is 331 g/mol. The molecule has 1 aromatic carbocycles. The molecule has 0 spiro atoms. The Morgan fingerprint density at radius 1 is 1.38 bits per heavy atom. The lowest BCUT2D eigenvalue weighted by molar-refractivity contribution is -0.123. The molecule has 1 saturated heterocycles. The lowest BCUT2D eigenvalue weighted by atomic mass is 9.95. The van der Waals surface area contributed by atoms with Gasteiger partial charge in [0.25, 0.3) is 0 Å². The zero-order valence-corrected chi connectivity index (χ0v) is 13.2. The molecular formula is C13H18ClN3O3S. The predicted octanol–water partition coefficient (Wildman–Crippen LogP) is 1.20. The van der Waals surface area contributed by atoms with Crippen LogP contribution in [0.3, 0.4) is 0 Å². The molecule has 1 fully saturated rings. The van der Waals surface area contributed by atoms with E-state index in [9.17, 15) is 13.2 Å². The summed E-state index contributed by atoms with van der Waals surface area (Å²) >= 11 is 5.99. The highest BCUT2D eigenvalue weighted by molar-refractivity contribution is 7.89. The van der Waals surface area contributed by atoms with Gasteiger partial charge in [-0.1, -0.05) is 11.6 Å². The summed E-state index contributed by atoms with van der Waals surface area (Å²) < 4.78 is 26.8. The minimum Gasteiger partial charge on any atom is -0.399 e. The third-order valence-corrected chi connectivity index (χ3v) is 6.23. The molecule has 0 saturated carbocycles. The van der Waals surface area contributed by atoms with Gasteiger partial charge in [-0.15, -0.1) is 0 Å². The first-order valence-electron chi connectivity index (χ1n) is 6.59. The fourth-order valence-electron chi connectivity index (χ4n) is 2.49. The van der Waals surface area contributed by atoms with Crippen molar-refractivity contribution in [3.05, 3.63) is 23.2 Å². The second-order valence-electron chi connectivity index (χ2n) is 5.29. The lowest BCUT2D eigenvalue weighted by Gasteiger charge is -2.35. The van der Waals surface area contributed by atoms with Gasteiger partial charge in [0.2, 0.25) is 15.9 Å². The Bertz CT molecular complexity index is 663. The lowest BCUT2D eigenvalue weighted by Crippen LogP contribution is -2.48. The number of anilines is 1. The first-order chi connectivity index (χ1) is 9.73. The summed E-state index contributed by atoms with van der Waals surface area (Å²) in [7, 11) is -3.82. The Morgan fingerprint density at radius 3 is 2.67 bits per heavy atom. The predicted molar refractivity (Wildman–Crippen MR) is 81.1 cm³/mol. The van der Waals surface area contributed by atoms with Gasteiger partial charge >= 0.3 is 0 Å². The van der Waals surface area contributed by atoms with Crippen molar-refractivity contribution in [3.8, 4) is 0 Å². The number of sulfonamides is 1. The van der Waals surface area contributed by atoms with E-state index in [1.54, 1.807) is 6.92 Å². The molecule has 1 aromatic rings. The Labute approximate surface area is 129 Å². The average molecular weight is 332 g/mol. The number of nitrogens with two attached hydrogens (primary N) is 2. The second-order valence-corrected chi connectivity index (χ2v) is 7.56. The van der Waals surface area contributed by atoms with E-state index in [0.717, 1.165) is 0 Å². The summed E-state index contributed by atoms with van der Waals surface area (Å²) in [5, 5.41) is 0.109. The van der Waals surface area contributed by atoms with Gasteiger partial charge in [0, 0.05) is 18.3 Å². The first kappa shape index (κ1) is 16.1. The van der Waals surface area contributed by atoms with E-state index in [2.05, 4.69) is 0 Å². The number of nitrogen functional groups attached to an aromatic ring is 1. The molecule has 0 aromatic heterocycles. The molecule has 0 bridgehead atoms. The normalized spacial score (nSPS) is 23.9. The van der Waals surface area contributed by atoms with E-state index >= 15 is 0 Å². The van der Waals surface area contributed by atoms with Crippen molar-refractivity contribution >= 4 is 33.2 Å². The molecule has 21 heavy (non-hydrogen) atoms. The fourth-order valence-corrected chi connectivity index (χ4v) is 4.70. The summed E-state index contributed by atoms with van der Waals surface area (Å²) in [6, 6.07) is 4.10. The minimum atomic E-state index is -3.82. The van der Waals surface area contributed by atoms with Crippen LogP contribution >= 0.6 is 11.6 Å². The summed E-state index contributed by atoms with van der Waals surface area (Å²) in [4.78, 5) is 11.3. The number of halogens is 1. The number of nitrogens with zero attached hydrogens (tertiary/aromatic N) is 1. The van der Waals surface area contributed by atoms with Crippen LogP contribution in [0, 0.1) is 5.92 Å². The molecule has 1 aliphatic rings. The molecule has 2 rings (SSSR count). The number of primary amides is 1. The van der Waals surface area contributed by atoms with Crippen molar-refractivity contribution in [3.63, 3.8) is 0 Å². The highest BCUT2D eigenvalue weighted by Crippen LogP contribution is 2.32. The summed E-state index contributed by atoms with van der Waals surface area (Å²) in [5.41, 5.74) is 11.3. The van der Waals surface area contributed by atoms with Crippen LogP contribution in [0.2, 0.25) is 5.02 Å². The Kier molecular flexibility index (Phi) is 4.46. The van der Waals surface area contributed by atoms with Crippen LogP contribution in [0.1, 0.15) is 19.8 Å². The molecule has 1 heterocycles. The molecule has 2 atom stereocenters. The SMILES string of the molecule is CC1CCC(C(N)=O)CN1S(=O)(=O)c1cc(N)ccc1Cl. The zero-order valence-electron chi connectivity index (χ0n) is 11.6. The number of hydrogen-bond donors (Lipinski definition) is 2. The van der Waals surface area contributed by atoms with E-state index < -0.39 is 21.8 Å². The molecule has 4 N–H and O–H groups in total. The van der Waals surface area contributed by atoms with Gasteiger partial charge in [-0.25, -0.2) is 8.42 Å². The van der Waals surface area contributed by atoms with Crippen LogP contribution in [0.4, 0.5) is 5.69 Å². The van der Waals surface area contributed by atoms with E-state index in [1.807, 2.05) is 0 Å². The van der Waals surface area contributed by atoms with Crippen LogP contribution in [0.5, 0.6) is 0 Å². The average Bonchev–Trinajstić information content (AvgIpc) is 2.41. The Balaban J connectivity index is 2.42. The third kappa shape index (κ3) is 3.14. The van der Waals surface area contributed by atoms with Crippen molar-refractivity contribution in [1.29, 1.82) is 0 Å². The molecule has 1 aliphatic heterocycles. The molecular weight excluding hydrogens is 314 g/mol. The molecule has 8 heteroatoms. The standard InChI is InChI=1S/C13H18ClN3O3S/c1-8-2-3-9(13(16)18)7-17(8)21(19,20)12-6-10(15)4-5-11(12)14/h4-6,8-9H,2-3,7,15H2,1H3,(H2,16,18). The van der Waals surface area contributed by atoms with Crippen molar-refractivity contribution < 1.29 is 13.2 Å². The quantitative estimate of drug-likeness (QED) is 0.811. The highest BCUT2D eigenvalue weighted by atomic mass is 35.5. The van der Waals surface area contributed by atoms with Crippen molar-refractivity contribution in [2.24, 2.45) is 11.7 Å². The molecule has 0 aliphatic carbocycles. The molecule has 2 unspecified atom stereocenters. The van der Waals surface area contributed by atoms with Crippen LogP contribution in [0.15, 0.2) is 23.1 Å². The smallest absolute Gasteiger partial charge is 0.244 e. The van der Waals surface area contributed by atoms with Gasteiger partial charge < -0.3 is 11.5 Å². The largest absolute Gasteiger partial charge is 0.399 e. The van der Waals surface area contributed by atoms with Crippen molar-refractivity contribution in [2.75, 3.05) is 12.3 Å². The number of benzene rings is 1. The van der Waals surface area contributed by atoms with Gasteiger partial charge in [0.05, 0.1) is 10.9 Å². The second kappa shape index (κ2) is 5.82. The molecule has 1 amide bonds. The summed E-state index contributed by atoms with van der Waals surface area (Å²) in [6.45, 7) is 1.87. The molecule has 6 nitrogen and oxygen atoms in total. The number of amides is 1. The van der Waals surface area contributed by atoms with Gasteiger partial charge in [0.1, 0.15) is 4.90 Å². The fraction of sp³-hybridized carbons (Fsp3) is 0.462. The van der Waals surface area contributed by atoms with Gasteiger partial charge in [0.15, 0.2) is 0 Å². The van der Waals surface area contributed by atoms with Crippen LogP contribution in [-0.4, -0.2) is 31.2 Å². The van der Waals surface area contributed by atoms with Crippen LogP contribution in [-0.2, 0) is 14.8 Å². The maximum atomic E-state index is 12.8. The van der Waals surface area contributed by atoms with Gasteiger partial charge in [-0.3, -0.25) is 4.79 Å². The Hall–Kier alpha value is -1.31. The van der Waals surface area contributed by atoms with E-state index in [4.69, 9.17) is 23.1 Å². The number of carbonyl (C=O) groups is 1. The third-order valence-electron chi connectivity index (χ3n) is 3.77. The number of rotatable bonds is 3. The maximum Gasteiger partial charge on any atom is 0.244 e. The van der Waals surface area contributed by atoms with Crippen LogP contribution < -0.4 is 11.5 Å².